The second-order valence-corrected chi connectivity index (χ2v) is 7.24. The summed E-state index contributed by atoms with van der Waals surface area (Å²) in [4.78, 5) is 12.3. The Morgan fingerprint density at radius 2 is 2.20 bits per heavy atom. The van der Waals surface area contributed by atoms with Crippen LogP contribution in [0.2, 0.25) is 0 Å². The number of aromatic nitrogens is 1. The van der Waals surface area contributed by atoms with Crippen LogP contribution in [0.15, 0.2) is 12.3 Å². The zero-order valence-corrected chi connectivity index (χ0v) is 12.6. The maximum atomic E-state index is 12.3. The molecule has 4 heteroatoms. The van der Waals surface area contributed by atoms with Gasteiger partial charge in [0.05, 0.1) is 0 Å². The predicted octanol–water partition coefficient (Wildman–Crippen LogP) is 2.30. The summed E-state index contributed by atoms with van der Waals surface area (Å²) in [6.07, 6.45) is 6.28. The number of fused-ring (bicyclic) bond motifs is 1. The third kappa shape index (κ3) is 2.49. The highest BCUT2D eigenvalue weighted by Crippen LogP contribution is 2.40. The van der Waals surface area contributed by atoms with Crippen LogP contribution in [0.4, 0.5) is 0 Å². The molecule has 1 aromatic heterocycles. The van der Waals surface area contributed by atoms with E-state index in [9.17, 15) is 4.79 Å². The Morgan fingerprint density at radius 1 is 1.50 bits per heavy atom. The average molecular weight is 275 g/mol. The van der Waals surface area contributed by atoms with E-state index in [1.54, 1.807) is 0 Å². The lowest BCUT2D eigenvalue weighted by atomic mass is 9.74. The highest BCUT2D eigenvalue weighted by molar-refractivity contribution is 5.80. The second kappa shape index (κ2) is 4.62. The van der Waals surface area contributed by atoms with Crippen LogP contribution >= 0.6 is 0 Å². The van der Waals surface area contributed by atoms with Gasteiger partial charge in [0, 0.05) is 24.0 Å². The molecule has 2 aliphatic rings. The molecule has 2 aliphatic carbocycles. The van der Waals surface area contributed by atoms with E-state index < -0.39 is 0 Å². The molecule has 1 aromatic rings. The fourth-order valence-electron chi connectivity index (χ4n) is 3.30. The minimum absolute atomic E-state index is 0.0914. The van der Waals surface area contributed by atoms with E-state index in [1.165, 1.54) is 11.3 Å². The third-order valence-electron chi connectivity index (χ3n) is 4.60. The Balaban J connectivity index is 1.85. The molecule has 0 bridgehead atoms. The normalized spacial score (nSPS) is 25.9. The van der Waals surface area contributed by atoms with Gasteiger partial charge < -0.3 is 15.6 Å². The summed E-state index contributed by atoms with van der Waals surface area (Å²) in [6, 6.07) is 2.44. The van der Waals surface area contributed by atoms with Crippen LogP contribution in [0.5, 0.6) is 0 Å². The molecule has 3 rings (SSSR count). The number of amides is 1. The molecule has 0 aliphatic heterocycles. The van der Waals surface area contributed by atoms with Gasteiger partial charge in [-0.05, 0) is 49.7 Å². The maximum absolute atomic E-state index is 12.3. The highest BCUT2D eigenvalue weighted by atomic mass is 16.2. The van der Waals surface area contributed by atoms with Gasteiger partial charge in [-0.1, -0.05) is 13.8 Å². The predicted molar refractivity (Wildman–Crippen MR) is 79.3 cm³/mol. The summed E-state index contributed by atoms with van der Waals surface area (Å²) in [6.45, 7) is 6.48. The molecule has 20 heavy (non-hydrogen) atoms. The van der Waals surface area contributed by atoms with E-state index in [-0.39, 0.29) is 23.4 Å². The molecule has 1 fully saturated rings. The van der Waals surface area contributed by atoms with Gasteiger partial charge >= 0.3 is 0 Å². The Hall–Kier alpha value is -1.29. The summed E-state index contributed by atoms with van der Waals surface area (Å²) in [5.41, 5.74) is 8.95. The number of nitrogens with zero attached hydrogens (tertiary/aromatic N) is 1. The van der Waals surface area contributed by atoms with Crippen LogP contribution in [0.25, 0.3) is 0 Å². The van der Waals surface area contributed by atoms with Crippen molar-refractivity contribution in [1.82, 2.24) is 9.88 Å². The average Bonchev–Trinajstić information content (AvgIpc) is 3.05. The SMILES string of the molecule is CC(C(=O)NC1CC1)n1ccc2c1CC(C)(C)CC2N. The number of hydrogen-bond acceptors (Lipinski definition) is 2. The lowest BCUT2D eigenvalue weighted by Crippen LogP contribution is -2.35. The van der Waals surface area contributed by atoms with Crippen LogP contribution in [0, 0.1) is 5.41 Å². The van der Waals surface area contributed by atoms with Crippen molar-refractivity contribution in [2.75, 3.05) is 0 Å². The van der Waals surface area contributed by atoms with E-state index in [0.29, 0.717) is 6.04 Å². The largest absolute Gasteiger partial charge is 0.352 e. The molecule has 1 saturated carbocycles. The monoisotopic (exact) mass is 275 g/mol. The Labute approximate surface area is 120 Å². The molecule has 2 unspecified atom stereocenters. The van der Waals surface area contributed by atoms with Crippen molar-refractivity contribution < 1.29 is 4.79 Å². The molecule has 2 atom stereocenters. The van der Waals surface area contributed by atoms with Crippen molar-refractivity contribution in [1.29, 1.82) is 0 Å². The minimum atomic E-state index is -0.152. The van der Waals surface area contributed by atoms with E-state index in [1.807, 2.05) is 13.1 Å². The van der Waals surface area contributed by atoms with Crippen LogP contribution < -0.4 is 11.1 Å². The highest BCUT2D eigenvalue weighted by Gasteiger charge is 2.34. The second-order valence-electron chi connectivity index (χ2n) is 7.24. The molecular weight excluding hydrogens is 250 g/mol. The molecule has 0 aromatic carbocycles. The van der Waals surface area contributed by atoms with Gasteiger partial charge in [-0.2, -0.15) is 0 Å². The number of hydrogen-bond donors (Lipinski definition) is 2. The quantitative estimate of drug-likeness (QED) is 0.889. The first kappa shape index (κ1) is 13.7. The fourth-order valence-corrected chi connectivity index (χ4v) is 3.30. The first-order valence-electron chi connectivity index (χ1n) is 7.63. The number of nitrogens with two attached hydrogens (primary N) is 1. The van der Waals surface area contributed by atoms with Crippen molar-refractivity contribution in [3.05, 3.63) is 23.5 Å². The molecule has 0 saturated heterocycles. The summed E-state index contributed by atoms with van der Waals surface area (Å²) in [7, 11) is 0. The van der Waals surface area contributed by atoms with Crippen molar-refractivity contribution in [3.8, 4) is 0 Å². The van der Waals surface area contributed by atoms with Gasteiger partial charge in [-0.15, -0.1) is 0 Å². The molecule has 110 valence electrons. The lowest BCUT2D eigenvalue weighted by Gasteiger charge is -2.35. The fraction of sp³-hybridized carbons (Fsp3) is 0.688. The van der Waals surface area contributed by atoms with Gasteiger partial charge in [0.1, 0.15) is 6.04 Å². The van der Waals surface area contributed by atoms with E-state index >= 15 is 0 Å². The summed E-state index contributed by atoms with van der Waals surface area (Å²) in [5, 5.41) is 3.09. The van der Waals surface area contributed by atoms with Gasteiger partial charge in [0.15, 0.2) is 0 Å². The molecule has 0 radical (unpaired) electrons. The Kier molecular flexibility index (Phi) is 3.16. The summed E-state index contributed by atoms with van der Waals surface area (Å²) >= 11 is 0. The zero-order chi connectivity index (χ0) is 14.5. The first-order valence-corrected chi connectivity index (χ1v) is 7.63. The Bertz CT molecular complexity index is 528. The molecule has 1 amide bonds. The van der Waals surface area contributed by atoms with E-state index in [4.69, 9.17) is 5.73 Å². The van der Waals surface area contributed by atoms with Crippen molar-refractivity contribution in [3.63, 3.8) is 0 Å². The number of carbonyl (C=O) groups is 1. The van der Waals surface area contributed by atoms with Gasteiger partial charge in [-0.3, -0.25) is 4.79 Å². The lowest BCUT2D eigenvalue weighted by molar-refractivity contribution is -0.124. The van der Waals surface area contributed by atoms with Gasteiger partial charge in [-0.25, -0.2) is 0 Å². The summed E-state index contributed by atoms with van der Waals surface area (Å²) in [5.74, 6) is 0.128. The third-order valence-corrected chi connectivity index (χ3v) is 4.60. The van der Waals surface area contributed by atoms with Gasteiger partial charge in [0.25, 0.3) is 0 Å². The zero-order valence-electron chi connectivity index (χ0n) is 12.6. The molecule has 4 nitrogen and oxygen atoms in total. The summed E-state index contributed by atoms with van der Waals surface area (Å²) < 4.78 is 2.12. The van der Waals surface area contributed by atoms with E-state index in [0.717, 1.165) is 25.7 Å². The van der Waals surface area contributed by atoms with Crippen LogP contribution in [0.1, 0.15) is 63.4 Å². The number of carbonyl (C=O) groups excluding carboxylic acids is 1. The smallest absolute Gasteiger partial charge is 0.242 e. The van der Waals surface area contributed by atoms with Crippen LogP contribution in [-0.4, -0.2) is 16.5 Å². The van der Waals surface area contributed by atoms with E-state index in [2.05, 4.69) is 29.8 Å². The molecule has 3 N–H and O–H groups in total. The van der Waals surface area contributed by atoms with Gasteiger partial charge in [0.2, 0.25) is 5.91 Å². The van der Waals surface area contributed by atoms with Crippen molar-refractivity contribution in [2.24, 2.45) is 11.1 Å². The minimum Gasteiger partial charge on any atom is -0.352 e. The molecule has 1 heterocycles. The maximum Gasteiger partial charge on any atom is 0.242 e. The Morgan fingerprint density at radius 3 is 2.85 bits per heavy atom. The molecular formula is C16H25N3O. The van der Waals surface area contributed by atoms with Crippen molar-refractivity contribution in [2.45, 2.75) is 64.6 Å². The molecule has 0 spiro atoms. The standard InChI is InChI=1S/C16H25N3O/c1-10(15(20)18-11-4-5-11)19-7-6-12-13(17)8-16(2,3)9-14(12)19/h6-7,10-11,13H,4-5,8-9,17H2,1-3H3,(H,18,20). The number of rotatable bonds is 3. The van der Waals surface area contributed by atoms with Crippen LogP contribution in [0.3, 0.4) is 0 Å². The first-order chi connectivity index (χ1) is 9.37. The van der Waals surface area contributed by atoms with Crippen molar-refractivity contribution >= 4 is 5.91 Å². The topological polar surface area (TPSA) is 60.0 Å². The van der Waals surface area contributed by atoms with Crippen LogP contribution in [-0.2, 0) is 11.2 Å². The number of nitrogens with one attached hydrogen (secondary N) is 1.